The number of carbonyl (C=O) groups is 1. The van der Waals surface area contributed by atoms with E-state index in [1.54, 1.807) is 0 Å². The van der Waals surface area contributed by atoms with E-state index >= 15 is 0 Å². The minimum Gasteiger partial charge on any atom is -0.465 e. The second-order valence-corrected chi connectivity index (χ2v) is 4.52. The van der Waals surface area contributed by atoms with Gasteiger partial charge in [-0.1, -0.05) is 31.9 Å². The van der Waals surface area contributed by atoms with Crippen LogP contribution in [0.25, 0.3) is 0 Å². The maximum absolute atomic E-state index is 12.8. The zero-order valence-corrected chi connectivity index (χ0v) is 11.7. The predicted octanol–water partition coefficient (Wildman–Crippen LogP) is 4.15. The minimum atomic E-state index is -4.52. The maximum Gasteiger partial charge on any atom is 0.416 e. The summed E-state index contributed by atoms with van der Waals surface area (Å²) >= 11 is 5.99. The molecule has 7 heteroatoms. The van der Waals surface area contributed by atoms with Gasteiger partial charge in [-0.15, -0.1) is 0 Å². The SMILES string of the molecule is COC(=O)c1cc(Br)c(CBr)c(C(F)(F)F)c1. The van der Waals surface area contributed by atoms with Gasteiger partial charge in [0.15, 0.2) is 0 Å². The maximum atomic E-state index is 12.8. The van der Waals surface area contributed by atoms with Crippen LogP contribution in [0.4, 0.5) is 13.2 Å². The van der Waals surface area contributed by atoms with Gasteiger partial charge in [0.25, 0.3) is 0 Å². The van der Waals surface area contributed by atoms with Crippen LogP contribution < -0.4 is 0 Å². The Hall–Kier alpha value is -0.560. The van der Waals surface area contributed by atoms with E-state index in [0.717, 1.165) is 13.2 Å². The zero-order valence-electron chi connectivity index (χ0n) is 8.57. The Balaban J connectivity index is 3.44. The van der Waals surface area contributed by atoms with Crippen molar-refractivity contribution in [3.8, 4) is 0 Å². The third-order valence-corrected chi connectivity index (χ3v) is 3.32. The summed E-state index contributed by atoms with van der Waals surface area (Å²) in [6.07, 6.45) is -4.52. The predicted molar refractivity (Wildman–Crippen MR) is 63.1 cm³/mol. The molecule has 0 radical (unpaired) electrons. The molecule has 0 saturated carbocycles. The van der Waals surface area contributed by atoms with Crippen LogP contribution in [0.3, 0.4) is 0 Å². The van der Waals surface area contributed by atoms with Crippen molar-refractivity contribution in [3.63, 3.8) is 0 Å². The van der Waals surface area contributed by atoms with E-state index in [9.17, 15) is 18.0 Å². The van der Waals surface area contributed by atoms with Crippen LogP contribution in [0.5, 0.6) is 0 Å². The van der Waals surface area contributed by atoms with Gasteiger partial charge in [0, 0.05) is 9.80 Å². The van der Waals surface area contributed by atoms with Gasteiger partial charge in [-0.3, -0.25) is 0 Å². The molecule has 2 nitrogen and oxygen atoms in total. The highest BCUT2D eigenvalue weighted by atomic mass is 79.9. The third-order valence-electron chi connectivity index (χ3n) is 2.06. The molecule has 0 bridgehead atoms. The molecule has 0 unspecified atom stereocenters. The first-order valence-corrected chi connectivity index (χ1v) is 6.26. The van der Waals surface area contributed by atoms with E-state index in [0.29, 0.717) is 0 Å². The average Bonchev–Trinajstić information content (AvgIpc) is 2.25. The van der Waals surface area contributed by atoms with E-state index in [2.05, 4.69) is 36.6 Å². The molecule has 0 fully saturated rings. The Morgan fingerprint density at radius 2 is 2.00 bits per heavy atom. The molecular weight excluding hydrogens is 369 g/mol. The van der Waals surface area contributed by atoms with Gasteiger partial charge in [0.05, 0.1) is 18.2 Å². The van der Waals surface area contributed by atoms with E-state index in [-0.39, 0.29) is 20.9 Å². The van der Waals surface area contributed by atoms with Crippen molar-refractivity contribution in [2.45, 2.75) is 11.5 Å². The van der Waals surface area contributed by atoms with Gasteiger partial charge in [0.2, 0.25) is 0 Å². The summed E-state index contributed by atoms with van der Waals surface area (Å²) in [5.41, 5.74) is -0.953. The Bertz CT molecular complexity index is 444. The van der Waals surface area contributed by atoms with Crippen molar-refractivity contribution in [1.82, 2.24) is 0 Å². The van der Waals surface area contributed by atoms with Crippen molar-refractivity contribution < 1.29 is 22.7 Å². The summed E-state index contributed by atoms with van der Waals surface area (Å²) in [4.78, 5) is 11.2. The minimum absolute atomic E-state index is 0.0316. The van der Waals surface area contributed by atoms with Gasteiger partial charge in [-0.25, -0.2) is 4.79 Å². The number of benzene rings is 1. The lowest BCUT2D eigenvalue weighted by Gasteiger charge is -2.14. The van der Waals surface area contributed by atoms with Crippen LogP contribution in [0.2, 0.25) is 0 Å². The van der Waals surface area contributed by atoms with Gasteiger partial charge < -0.3 is 4.74 Å². The van der Waals surface area contributed by atoms with Crippen LogP contribution in [0, 0.1) is 0 Å². The Morgan fingerprint density at radius 1 is 1.41 bits per heavy atom. The molecule has 1 aromatic rings. The van der Waals surface area contributed by atoms with Gasteiger partial charge >= 0.3 is 12.1 Å². The number of alkyl halides is 4. The zero-order chi connectivity index (χ0) is 13.2. The van der Waals surface area contributed by atoms with E-state index in [4.69, 9.17) is 0 Å². The Kier molecular flexibility index (Phi) is 4.60. The lowest BCUT2D eigenvalue weighted by molar-refractivity contribution is -0.138. The number of ether oxygens (including phenoxy) is 1. The summed E-state index contributed by atoms with van der Waals surface area (Å²) in [6.45, 7) is 0. The first-order chi connectivity index (χ1) is 7.81. The summed E-state index contributed by atoms with van der Waals surface area (Å²) in [5, 5.41) is 0.0316. The Morgan fingerprint density at radius 3 is 2.41 bits per heavy atom. The van der Waals surface area contributed by atoms with Gasteiger partial charge in [0.1, 0.15) is 0 Å². The highest BCUT2D eigenvalue weighted by Crippen LogP contribution is 2.37. The van der Waals surface area contributed by atoms with Crippen LogP contribution in [-0.2, 0) is 16.2 Å². The summed E-state index contributed by atoms with van der Waals surface area (Å²) < 4.78 is 42.9. The summed E-state index contributed by atoms with van der Waals surface area (Å²) in [7, 11) is 1.11. The molecule has 1 rings (SSSR count). The number of hydrogen-bond donors (Lipinski definition) is 0. The summed E-state index contributed by atoms with van der Waals surface area (Å²) in [6, 6.07) is 2.09. The average molecular weight is 376 g/mol. The molecular formula is C10H7Br2F3O2. The quantitative estimate of drug-likeness (QED) is 0.573. The first kappa shape index (κ1) is 14.5. The molecule has 17 heavy (non-hydrogen) atoms. The normalized spacial score (nSPS) is 11.4. The van der Waals surface area contributed by atoms with Crippen molar-refractivity contribution in [3.05, 3.63) is 33.3 Å². The fourth-order valence-corrected chi connectivity index (χ4v) is 2.84. The van der Waals surface area contributed by atoms with Crippen molar-refractivity contribution in [2.75, 3.05) is 7.11 Å². The number of rotatable bonds is 2. The molecule has 94 valence electrons. The van der Waals surface area contributed by atoms with E-state index < -0.39 is 17.7 Å². The topological polar surface area (TPSA) is 26.3 Å². The van der Waals surface area contributed by atoms with Crippen molar-refractivity contribution in [1.29, 1.82) is 0 Å². The largest absolute Gasteiger partial charge is 0.465 e. The molecule has 0 aromatic heterocycles. The highest BCUT2D eigenvalue weighted by molar-refractivity contribution is 9.10. The monoisotopic (exact) mass is 374 g/mol. The molecule has 0 atom stereocenters. The molecule has 0 amide bonds. The van der Waals surface area contributed by atoms with Crippen LogP contribution >= 0.6 is 31.9 Å². The van der Waals surface area contributed by atoms with Crippen LogP contribution in [-0.4, -0.2) is 13.1 Å². The number of methoxy groups -OCH3 is 1. The molecule has 0 aliphatic rings. The second kappa shape index (κ2) is 5.39. The highest BCUT2D eigenvalue weighted by Gasteiger charge is 2.35. The first-order valence-electron chi connectivity index (χ1n) is 4.35. The van der Waals surface area contributed by atoms with Crippen LogP contribution in [0.15, 0.2) is 16.6 Å². The van der Waals surface area contributed by atoms with Crippen LogP contribution in [0.1, 0.15) is 21.5 Å². The van der Waals surface area contributed by atoms with E-state index in [1.165, 1.54) is 6.07 Å². The number of hydrogen-bond acceptors (Lipinski definition) is 2. The fourth-order valence-electron chi connectivity index (χ4n) is 1.26. The molecule has 0 saturated heterocycles. The van der Waals surface area contributed by atoms with Crippen molar-refractivity contribution >= 4 is 37.8 Å². The molecule has 0 aliphatic carbocycles. The van der Waals surface area contributed by atoms with E-state index in [1.807, 2.05) is 0 Å². The number of carbonyl (C=O) groups excluding carboxylic acids is 1. The smallest absolute Gasteiger partial charge is 0.416 e. The molecule has 0 spiro atoms. The molecule has 0 heterocycles. The second-order valence-electron chi connectivity index (χ2n) is 3.11. The van der Waals surface area contributed by atoms with Crippen molar-refractivity contribution in [2.24, 2.45) is 0 Å². The molecule has 0 N–H and O–H groups in total. The van der Waals surface area contributed by atoms with Gasteiger partial charge in [-0.2, -0.15) is 13.2 Å². The van der Waals surface area contributed by atoms with Gasteiger partial charge in [-0.05, 0) is 17.7 Å². The molecule has 1 aromatic carbocycles. The standard InChI is InChI=1S/C10H7Br2F3O2/c1-17-9(16)5-2-7(10(13,14)15)6(4-11)8(12)3-5/h2-3H,4H2,1H3. The lowest BCUT2D eigenvalue weighted by Crippen LogP contribution is -2.12. The third kappa shape index (κ3) is 3.22. The summed E-state index contributed by atoms with van der Waals surface area (Å²) in [5.74, 6) is -0.808. The molecule has 0 aliphatic heterocycles. The number of halogens is 5. The lowest BCUT2D eigenvalue weighted by atomic mass is 10.0. The number of esters is 1. The fraction of sp³-hybridized carbons (Fsp3) is 0.300. The Labute approximate surface area is 112 Å².